The van der Waals surface area contributed by atoms with Crippen molar-refractivity contribution >= 4 is 39.1 Å². The van der Waals surface area contributed by atoms with E-state index < -0.39 is 0 Å². The molecular weight excluding hydrogens is 308 g/mol. The van der Waals surface area contributed by atoms with Gasteiger partial charge in [-0.2, -0.15) is 0 Å². The Hall–Kier alpha value is -1.36. The van der Waals surface area contributed by atoms with Crippen LogP contribution in [-0.4, -0.2) is 18.4 Å². The van der Waals surface area contributed by atoms with E-state index in [9.17, 15) is 9.59 Å². The summed E-state index contributed by atoms with van der Waals surface area (Å²) in [6.07, 6.45) is 0.819. The summed E-state index contributed by atoms with van der Waals surface area (Å²) in [5.41, 5.74) is 2.63. The summed E-state index contributed by atoms with van der Waals surface area (Å²) in [7, 11) is 0. The Kier molecular flexibility index (Phi) is 3.94. The van der Waals surface area contributed by atoms with Gasteiger partial charge >= 0.3 is 0 Å². The van der Waals surface area contributed by atoms with Crippen molar-refractivity contribution in [2.24, 2.45) is 5.92 Å². The molecule has 1 aromatic rings. The number of carbonyl (C=O) groups excluding carboxylic acids is 2. The number of carbonyl (C=O) groups is 2. The molecule has 0 aromatic heterocycles. The molecule has 1 N–H and O–H groups in total. The van der Waals surface area contributed by atoms with Crippen LogP contribution in [0.15, 0.2) is 16.6 Å². The van der Waals surface area contributed by atoms with Crippen molar-refractivity contribution in [2.75, 3.05) is 16.8 Å². The van der Waals surface area contributed by atoms with Gasteiger partial charge in [0, 0.05) is 23.9 Å². The maximum atomic E-state index is 12.2. The minimum absolute atomic E-state index is 0.0558. The molecule has 0 spiro atoms. The minimum Gasteiger partial charge on any atom is -0.324 e. The molecule has 0 saturated heterocycles. The molecule has 0 radical (unpaired) electrons. The quantitative estimate of drug-likeness (QED) is 0.909. The predicted octanol–water partition coefficient (Wildman–Crippen LogP) is 2.95. The highest BCUT2D eigenvalue weighted by Gasteiger charge is 2.29. The lowest BCUT2D eigenvalue weighted by Gasteiger charge is -2.22. The number of hydrogen-bond donors (Lipinski definition) is 1. The van der Waals surface area contributed by atoms with Crippen molar-refractivity contribution in [3.63, 3.8) is 0 Å². The van der Waals surface area contributed by atoms with Gasteiger partial charge in [0.2, 0.25) is 11.8 Å². The highest BCUT2D eigenvalue weighted by Crippen LogP contribution is 2.39. The summed E-state index contributed by atoms with van der Waals surface area (Å²) < 4.78 is 0.911. The Morgan fingerprint density at radius 2 is 2.05 bits per heavy atom. The van der Waals surface area contributed by atoms with Crippen LogP contribution in [0.3, 0.4) is 0 Å². The van der Waals surface area contributed by atoms with Gasteiger partial charge in [0.25, 0.3) is 0 Å². The predicted molar refractivity (Wildman–Crippen MR) is 79.3 cm³/mol. The Morgan fingerprint density at radius 1 is 1.37 bits per heavy atom. The average Bonchev–Trinajstić information content (AvgIpc) is 2.70. The van der Waals surface area contributed by atoms with Gasteiger partial charge < -0.3 is 10.2 Å². The van der Waals surface area contributed by atoms with Gasteiger partial charge in [-0.25, -0.2) is 0 Å². The van der Waals surface area contributed by atoms with E-state index in [1.165, 1.54) is 6.92 Å². The SMILES string of the molecule is CC(=O)Nc1cc(Br)cc2c1N(C(=O)C(C)C)CC2. The van der Waals surface area contributed by atoms with Crippen molar-refractivity contribution in [1.29, 1.82) is 0 Å². The Morgan fingerprint density at radius 3 is 2.63 bits per heavy atom. The monoisotopic (exact) mass is 324 g/mol. The molecule has 1 aliphatic heterocycles. The zero-order valence-electron chi connectivity index (χ0n) is 11.3. The number of halogens is 1. The van der Waals surface area contributed by atoms with Crippen molar-refractivity contribution in [1.82, 2.24) is 0 Å². The largest absolute Gasteiger partial charge is 0.324 e. The second kappa shape index (κ2) is 5.33. The van der Waals surface area contributed by atoms with Gasteiger partial charge in [0.1, 0.15) is 0 Å². The highest BCUT2D eigenvalue weighted by molar-refractivity contribution is 9.10. The highest BCUT2D eigenvalue weighted by atomic mass is 79.9. The van der Waals surface area contributed by atoms with E-state index >= 15 is 0 Å². The summed E-state index contributed by atoms with van der Waals surface area (Å²) in [6, 6.07) is 3.85. The van der Waals surface area contributed by atoms with Gasteiger partial charge in [-0.05, 0) is 24.1 Å². The normalized spacial score (nSPS) is 13.6. The topological polar surface area (TPSA) is 49.4 Å². The maximum Gasteiger partial charge on any atom is 0.229 e. The summed E-state index contributed by atoms with van der Waals surface area (Å²) >= 11 is 3.44. The van der Waals surface area contributed by atoms with Gasteiger partial charge in [-0.1, -0.05) is 29.8 Å². The first kappa shape index (κ1) is 14.1. The van der Waals surface area contributed by atoms with E-state index in [0.717, 1.165) is 22.1 Å². The van der Waals surface area contributed by atoms with E-state index in [1.807, 2.05) is 26.0 Å². The summed E-state index contributed by atoms with van der Waals surface area (Å²) in [4.78, 5) is 25.3. The van der Waals surface area contributed by atoms with Crippen molar-refractivity contribution in [3.8, 4) is 0 Å². The molecule has 1 aliphatic rings. The zero-order chi connectivity index (χ0) is 14.2. The number of anilines is 2. The van der Waals surface area contributed by atoms with Gasteiger partial charge in [0.15, 0.2) is 0 Å². The third-order valence-electron chi connectivity index (χ3n) is 3.10. The van der Waals surface area contributed by atoms with E-state index in [2.05, 4.69) is 21.2 Å². The zero-order valence-corrected chi connectivity index (χ0v) is 12.9. The molecule has 0 atom stereocenters. The summed E-state index contributed by atoms with van der Waals surface area (Å²) in [5, 5.41) is 2.81. The fourth-order valence-electron chi connectivity index (χ4n) is 2.33. The molecule has 0 saturated carbocycles. The molecule has 102 valence electrons. The third-order valence-corrected chi connectivity index (χ3v) is 3.56. The average molecular weight is 325 g/mol. The molecule has 2 rings (SSSR count). The van der Waals surface area contributed by atoms with Crippen LogP contribution in [-0.2, 0) is 16.0 Å². The van der Waals surface area contributed by atoms with Crippen LogP contribution in [0, 0.1) is 5.92 Å². The van der Waals surface area contributed by atoms with Crippen LogP contribution >= 0.6 is 15.9 Å². The standard InChI is InChI=1S/C14H17BrN2O2/c1-8(2)14(19)17-5-4-10-6-11(15)7-12(13(10)17)16-9(3)18/h6-8H,4-5H2,1-3H3,(H,16,18). The molecule has 0 unspecified atom stereocenters. The van der Waals surface area contributed by atoms with Crippen molar-refractivity contribution in [2.45, 2.75) is 27.2 Å². The summed E-state index contributed by atoms with van der Waals surface area (Å²) in [5.74, 6) is -0.100. The molecular formula is C14H17BrN2O2. The molecule has 4 nitrogen and oxygen atoms in total. The number of benzene rings is 1. The number of rotatable bonds is 2. The van der Waals surface area contributed by atoms with Crippen LogP contribution in [0.2, 0.25) is 0 Å². The lowest BCUT2D eigenvalue weighted by Crippen LogP contribution is -2.33. The first-order chi connectivity index (χ1) is 8.90. The molecule has 1 aromatic carbocycles. The smallest absolute Gasteiger partial charge is 0.229 e. The molecule has 1 heterocycles. The number of hydrogen-bond acceptors (Lipinski definition) is 2. The first-order valence-electron chi connectivity index (χ1n) is 6.31. The molecule has 5 heteroatoms. The first-order valence-corrected chi connectivity index (χ1v) is 7.11. The second-order valence-electron chi connectivity index (χ2n) is 5.04. The van der Waals surface area contributed by atoms with Gasteiger partial charge in [-0.3, -0.25) is 9.59 Å². The van der Waals surface area contributed by atoms with Gasteiger partial charge in [0.05, 0.1) is 11.4 Å². The van der Waals surface area contributed by atoms with E-state index in [4.69, 9.17) is 0 Å². The van der Waals surface area contributed by atoms with Crippen LogP contribution < -0.4 is 10.2 Å². The fourth-order valence-corrected chi connectivity index (χ4v) is 2.83. The van der Waals surface area contributed by atoms with Crippen LogP contribution in [0.5, 0.6) is 0 Å². The van der Waals surface area contributed by atoms with E-state index in [0.29, 0.717) is 12.2 Å². The lowest BCUT2D eigenvalue weighted by molar-refractivity contribution is -0.121. The third kappa shape index (κ3) is 2.81. The molecule has 19 heavy (non-hydrogen) atoms. The Bertz CT molecular complexity index is 540. The minimum atomic E-state index is -0.135. The van der Waals surface area contributed by atoms with Crippen LogP contribution in [0.1, 0.15) is 26.3 Å². The number of nitrogens with zero attached hydrogens (tertiary/aromatic N) is 1. The van der Waals surface area contributed by atoms with E-state index in [1.54, 1.807) is 4.90 Å². The molecule has 0 aliphatic carbocycles. The van der Waals surface area contributed by atoms with Crippen molar-refractivity contribution < 1.29 is 9.59 Å². The van der Waals surface area contributed by atoms with Gasteiger partial charge in [-0.15, -0.1) is 0 Å². The summed E-state index contributed by atoms with van der Waals surface area (Å²) in [6.45, 7) is 5.92. The number of nitrogens with one attached hydrogen (secondary N) is 1. The number of amides is 2. The lowest BCUT2D eigenvalue weighted by atomic mass is 10.1. The Balaban J connectivity index is 2.47. The number of fused-ring (bicyclic) bond motifs is 1. The van der Waals surface area contributed by atoms with Crippen LogP contribution in [0.25, 0.3) is 0 Å². The second-order valence-corrected chi connectivity index (χ2v) is 5.95. The molecule has 2 amide bonds. The molecule has 0 fully saturated rings. The fraction of sp³-hybridized carbons (Fsp3) is 0.429. The van der Waals surface area contributed by atoms with E-state index in [-0.39, 0.29) is 17.7 Å². The maximum absolute atomic E-state index is 12.2. The van der Waals surface area contributed by atoms with Crippen molar-refractivity contribution in [3.05, 3.63) is 22.2 Å². The Labute approximate surface area is 121 Å². The van der Waals surface area contributed by atoms with Crippen LogP contribution in [0.4, 0.5) is 11.4 Å². The molecule has 0 bridgehead atoms.